The maximum Gasteiger partial charge on any atom is 0.231 e. The number of ether oxygens (including phenoxy) is 2. The van der Waals surface area contributed by atoms with E-state index in [1.165, 1.54) is 12.8 Å². The van der Waals surface area contributed by atoms with Crippen molar-refractivity contribution in [3.63, 3.8) is 0 Å². The first kappa shape index (κ1) is 31.8. The van der Waals surface area contributed by atoms with Gasteiger partial charge in [-0.2, -0.15) is 0 Å². The SMILES string of the molecule is CCCN(CCC)CCCOC1Cc2c(ncnc2Nc2ccc3c(c2)CCN3C(=O)Cc2c(C)[nH]c3ccccc23)C=C1OC. The number of H-pyrrole nitrogens is 1. The van der Waals surface area contributed by atoms with Gasteiger partial charge in [0, 0.05) is 65.7 Å². The summed E-state index contributed by atoms with van der Waals surface area (Å²) in [6, 6.07) is 14.4. The molecule has 1 atom stereocenters. The van der Waals surface area contributed by atoms with Crippen LogP contribution in [-0.4, -0.2) is 71.8 Å². The molecule has 0 fully saturated rings. The fraction of sp³-hybridized carbons (Fsp3) is 0.432. The normalized spacial score (nSPS) is 15.6. The molecule has 0 radical (unpaired) electrons. The van der Waals surface area contributed by atoms with Crippen LogP contribution in [0.15, 0.2) is 54.6 Å². The number of carbonyl (C=O) groups is 1. The van der Waals surface area contributed by atoms with E-state index >= 15 is 0 Å². The molecule has 1 aliphatic carbocycles. The first-order valence-corrected chi connectivity index (χ1v) is 16.7. The number of benzene rings is 2. The molecule has 1 unspecified atom stereocenters. The molecule has 2 N–H and O–H groups in total. The van der Waals surface area contributed by atoms with Crippen molar-refractivity contribution in [1.82, 2.24) is 19.9 Å². The Kier molecular flexibility index (Phi) is 10.00. The Morgan fingerprint density at radius 1 is 1.11 bits per heavy atom. The predicted octanol–water partition coefficient (Wildman–Crippen LogP) is 6.58. The summed E-state index contributed by atoms with van der Waals surface area (Å²) in [6.45, 7) is 11.1. The molecule has 2 aliphatic rings. The summed E-state index contributed by atoms with van der Waals surface area (Å²) in [6.07, 6.45) is 8.50. The summed E-state index contributed by atoms with van der Waals surface area (Å²) in [5, 5.41) is 4.66. The van der Waals surface area contributed by atoms with E-state index in [4.69, 9.17) is 9.47 Å². The lowest BCUT2D eigenvalue weighted by atomic mass is 9.98. The Labute approximate surface area is 272 Å². The summed E-state index contributed by atoms with van der Waals surface area (Å²) < 4.78 is 12.1. The monoisotopic (exact) mass is 622 g/mol. The lowest BCUT2D eigenvalue weighted by Crippen LogP contribution is -2.30. The van der Waals surface area contributed by atoms with Gasteiger partial charge in [-0.15, -0.1) is 0 Å². The van der Waals surface area contributed by atoms with Gasteiger partial charge in [0.2, 0.25) is 5.91 Å². The number of methoxy groups -OCH3 is 1. The number of nitrogens with zero attached hydrogens (tertiary/aromatic N) is 4. The number of hydrogen-bond donors (Lipinski definition) is 2. The second-order valence-electron chi connectivity index (χ2n) is 12.3. The summed E-state index contributed by atoms with van der Waals surface area (Å²) in [7, 11) is 1.69. The van der Waals surface area contributed by atoms with Crippen LogP contribution in [0.2, 0.25) is 0 Å². The molecule has 1 amide bonds. The summed E-state index contributed by atoms with van der Waals surface area (Å²) in [5.41, 5.74) is 8.12. The van der Waals surface area contributed by atoms with Crippen LogP contribution in [0.3, 0.4) is 0 Å². The second kappa shape index (κ2) is 14.5. The lowest BCUT2D eigenvalue weighted by molar-refractivity contribution is -0.117. The van der Waals surface area contributed by atoms with Crippen LogP contribution in [0.4, 0.5) is 17.2 Å². The molecule has 3 heterocycles. The Hall–Kier alpha value is -4.21. The topological polar surface area (TPSA) is 95.6 Å². The Morgan fingerprint density at radius 2 is 1.93 bits per heavy atom. The number of fused-ring (bicyclic) bond motifs is 3. The molecule has 4 aromatic rings. The van der Waals surface area contributed by atoms with E-state index in [1.807, 2.05) is 42.2 Å². The van der Waals surface area contributed by atoms with E-state index in [0.29, 0.717) is 26.0 Å². The highest BCUT2D eigenvalue weighted by Gasteiger charge is 2.28. The number of rotatable bonds is 14. The Morgan fingerprint density at radius 3 is 2.74 bits per heavy atom. The summed E-state index contributed by atoms with van der Waals surface area (Å²) in [5.74, 6) is 1.68. The molecule has 0 spiro atoms. The fourth-order valence-electron chi connectivity index (χ4n) is 6.87. The van der Waals surface area contributed by atoms with Gasteiger partial charge in [-0.25, -0.2) is 9.97 Å². The molecule has 6 rings (SSSR count). The van der Waals surface area contributed by atoms with Gasteiger partial charge < -0.3 is 29.6 Å². The van der Waals surface area contributed by atoms with E-state index in [1.54, 1.807) is 13.4 Å². The van der Waals surface area contributed by atoms with Crippen molar-refractivity contribution in [2.75, 3.05) is 50.1 Å². The number of hydrogen-bond acceptors (Lipinski definition) is 7. The van der Waals surface area contributed by atoms with Crippen LogP contribution in [-0.2, 0) is 33.5 Å². The first-order chi connectivity index (χ1) is 22.5. The van der Waals surface area contributed by atoms with Crippen molar-refractivity contribution in [3.05, 3.63) is 82.6 Å². The van der Waals surface area contributed by atoms with Crippen molar-refractivity contribution < 1.29 is 14.3 Å². The Balaban J connectivity index is 1.12. The van der Waals surface area contributed by atoms with E-state index in [0.717, 1.165) is 94.4 Å². The molecular formula is C37H46N6O3. The molecule has 46 heavy (non-hydrogen) atoms. The lowest BCUT2D eigenvalue weighted by Gasteiger charge is -2.27. The molecule has 0 saturated heterocycles. The first-order valence-electron chi connectivity index (χ1n) is 16.7. The van der Waals surface area contributed by atoms with Gasteiger partial charge in [0.15, 0.2) is 0 Å². The molecule has 242 valence electrons. The van der Waals surface area contributed by atoms with Gasteiger partial charge in [0.05, 0.1) is 19.2 Å². The highest BCUT2D eigenvalue weighted by Crippen LogP contribution is 2.35. The molecule has 0 bridgehead atoms. The second-order valence-corrected chi connectivity index (χ2v) is 12.3. The predicted molar refractivity (Wildman–Crippen MR) is 185 cm³/mol. The number of para-hydroxylation sites is 1. The van der Waals surface area contributed by atoms with Gasteiger partial charge in [0.25, 0.3) is 0 Å². The molecule has 9 heteroatoms. The van der Waals surface area contributed by atoms with Crippen LogP contribution < -0.4 is 10.2 Å². The highest BCUT2D eigenvalue weighted by molar-refractivity contribution is 5.99. The summed E-state index contributed by atoms with van der Waals surface area (Å²) >= 11 is 0. The zero-order valence-electron chi connectivity index (χ0n) is 27.6. The average Bonchev–Trinajstić information content (AvgIpc) is 3.63. The van der Waals surface area contributed by atoms with Gasteiger partial charge in [0.1, 0.15) is 24.0 Å². The molecule has 9 nitrogen and oxygen atoms in total. The smallest absolute Gasteiger partial charge is 0.231 e. The van der Waals surface area contributed by atoms with Crippen LogP contribution in [0, 0.1) is 6.92 Å². The minimum Gasteiger partial charge on any atom is -0.498 e. The molecule has 2 aromatic carbocycles. The van der Waals surface area contributed by atoms with Crippen LogP contribution in [0.5, 0.6) is 0 Å². The standard InChI is InChI=1S/C37H46N6O3/c1-5-15-42(16-6-2)17-9-19-46-35-21-30-32(23-34(35)45-4)38-24-39-37(30)41-27-12-13-33-26(20-27)14-18-43(33)36(44)22-29-25(3)40-31-11-8-7-10-28(29)31/h7-8,10-13,20,23-24,35,40H,5-6,9,14-19,21-22H2,1-4H3,(H,38,39,41). The third-order valence-electron chi connectivity index (χ3n) is 9.11. The maximum absolute atomic E-state index is 13.5. The van der Waals surface area contributed by atoms with Gasteiger partial charge in [-0.1, -0.05) is 32.0 Å². The number of aromatic nitrogens is 3. The molecule has 2 aromatic heterocycles. The highest BCUT2D eigenvalue weighted by atomic mass is 16.5. The van der Waals surface area contributed by atoms with E-state index in [2.05, 4.69) is 57.2 Å². The number of amides is 1. The fourth-order valence-corrected chi connectivity index (χ4v) is 6.87. The van der Waals surface area contributed by atoms with Crippen molar-refractivity contribution in [2.24, 2.45) is 0 Å². The zero-order valence-corrected chi connectivity index (χ0v) is 27.6. The van der Waals surface area contributed by atoms with Gasteiger partial charge >= 0.3 is 0 Å². The van der Waals surface area contributed by atoms with Crippen LogP contribution in [0.25, 0.3) is 17.0 Å². The van der Waals surface area contributed by atoms with E-state index in [-0.39, 0.29) is 12.0 Å². The number of nitrogens with one attached hydrogen (secondary N) is 2. The molecule has 1 aliphatic heterocycles. The zero-order chi connectivity index (χ0) is 32.0. The van der Waals surface area contributed by atoms with Crippen molar-refractivity contribution in [1.29, 1.82) is 0 Å². The molecule has 0 saturated carbocycles. The third kappa shape index (κ3) is 6.81. The maximum atomic E-state index is 13.5. The van der Waals surface area contributed by atoms with Crippen LogP contribution >= 0.6 is 0 Å². The van der Waals surface area contributed by atoms with Crippen molar-refractivity contribution in [2.45, 2.75) is 65.4 Å². The quantitative estimate of drug-likeness (QED) is 0.153. The van der Waals surface area contributed by atoms with E-state index < -0.39 is 0 Å². The largest absolute Gasteiger partial charge is 0.498 e. The average molecular weight is 623 g/mol. The van der Waals surface area contributed by atoms with Crippen molar-refractivity contribution >= 4 is 40.1 Å². The number of anilines is 3. The van der Waals surface area contributed by atoms with Crippen LogP contribution in [0.1, 0.15) is 61.2 Å². The number of aromatic amines is 1. The number of carbonyl (C=O) groups excluding carboxylic acids is 1. The number of aryl methyl sites for hydroxylation is 1. The summed E-state index contributed by atoms with van der Waals surface area (Å²) in [4.78, 5) is 30.5. The minimum absolute atomic E-state index is 0.118. The van der Waals surface area contributed by atoms with Crippen molar-refractivity contribution in [3.8, 4) is 0 Å². The van der Waals surface area contributed by atoms with E-state index in [9.17, 15) is 4.79 Å². The Bertz CT molecular complexity index is 1710. The minimum atomic E-state index is -0.185. The molecular weight excluding hydrogens is 576 g/mol. The van der Waals surface area contributed by atoms with Gasteiger partial charge in [-0.3, -0.25) is 4.79 Å². The third-order valence-corrected chi connectivity index (χ3v) is 9.11. The van der Waals surface area contributed by atoms with Gasteiger partial charge in [-0.05, 0) is 81.1 Å².